The van der Waals surface area contributed by atoms with E-state index >= 15 is 0 Å². The lowest BCUT2D eigenvalue weighted by molar-refractivity contribution is 0.0697. The molecule has 0 atom stereocenters. The van der Waals surface area contributed by atoms with Crippen LogP contribution in [0.5, 0.6) is 0 Å². The molecular weight excluding hydrogens is 206 g/mol. The smallest absolute Gasteiger partial charge is 0.335 e. The third-order valence-electron chi connectivity index (χ3n) is 2.14. The largest absolute Gasteiger partial charge is 0.478 e. The number of nitrogen functional groups attached to an aromatic ring is 1. The number of nitrogens with two attached hydrogens (primary N) is 1. The van der Waals surface area contributed by atoms with Crippen molar-refractivity contribution in [1.82, 2.24) is 9.97 Å². The minimum atomic E-state index is -0.995. The van der Waals surface area contributed by atoms with E-state index in [-0.39, 0.29) is 5.56 Å². The molecule has 2 rings (SSSR count). The Morgan fingerprint density at radius 3 is 2.75 bits per heavy atom. The van der Waals surface area contributed by atoms with E-state index in [1.165, 1.54) is 24.5 Å². The summed E-state index contributed by atoms with van der Waals surface area (Å²) in [7, 11) is 0. The minimum Gasteiger partial charge on any atom is -0.478 e. The summed E-state index contributed by atoms with van der Waals surface area (Å²) in [6.07, 6.45) is 4.61. The molecule has 3 N–H and O–H groups in total. The highest BCUT2D eigenvalue weighted by atomic mass is 16.4. The third-order valence-corrected chi connectivity index (χ3v) is 2.14. The molecule has 0 saturated carbocycles. The number of nitrogens with zero attached hydrogens (tertiary/aromatic N) is 2. The second kappa shape index (κ2) is 3.98. The zero-order chi connectivity index (χ0) is 11.5. The molecule has 0 amide bonds. The van der Waals surface area contributed by atoms with Crippen LogP contribution in [0.3, 0.4) is 0 Å². The number of carboxylic acids is 1. The van der Waals surface area contributed by atoms with Gasteiger partial charge in [0.25, 0.3) is 0 Å². The lowest BCUT2D eigenvalue weighted by Crippen LogP contribution is -1.99. The summed E-state index contributed by atoms with van der Waals surface area (Å²) in [5.41, 5.74) is 7.55. The molecule has 2 aromatic rings. The van der Waals surface area contributed by atoms with Gasteiger partial charge in [-0.3, -0.25) is 9.97 Å². The molecule has 80 valence electrons. The zero-order valence-corrected chi connectivity index (χ0v) is 8.29. The fraction of sp³-hybridized carbons (Fsp3) is 0. The number of carbonyl (C=O) groups is 1. The number of carboxylic acid groups (broad SMARTS) is 1. The maximum absolute atomic E-state index is 10.8. The zero-order valence-electron chi connectivity index (χ0n) is 8.29. The molecule has 1 aromatic carbocycles. The lowest BCUT2D eigenvalue weighted by Gasteiger charge is -2.05. The molecule has 0 spiro atoms. The van der Waals surface area contributed by atoms with E-state index in [4.69, 9.17) is 10.8 Å². The van der Waals surface area contributed by atoms with Crippen LogP contribution in [0.4, 0.5) is 5.69 Å². The Labute approximate surface area is 91.6 Å². The van der Waals surface area contributed by atoms with Gasteiger partial charge >= 0.3 is 5.97 Å². The van der Waals surface area contributed by atoms with Gasteiger partial charge in [-0.2, -0.15) is 0 Å². The van der Waals surface area contributed by atoms with Crippen molar-refractivity contribution in [3.63, 3.8) is 0 Å². The van der Waals surface area contributed by atoms with Crippen molar-refractivity contribution in [3.05, 3.63) is 42.4 Å². The Balaban J connectivity index is 2.56. The molecule has 0 aliphatic rings. The average molecular weight is 215 g/mol. The van der Waals surface area contributed by atoms with Gasteiger partial charge in [0.1, 0.15) is 0 Å². The third kappa shape index (κ3) is 1.83. The van der Waals surface area contributed by atoms with Crippen LogP contribution in [0.2, 0.25) is 0 Å². The minimum absolute atomic E-state index is 0.176. The van der Waals surface area contributed by atoms with Crippen LogP contribution in [0, 0.1) is 0 Å². The van der Waals surface area contributed by atoms with E-state index in [0.717, 1.165) is 0 Å². The summed E-state index contributed by atoms with van der Waals surface area (Å²) in [5.74, 6) is -0.995. The van der Waals surface area contributed by atoms with Gasteiger partial charge in [0.05, 0.1) is 17.5 Å². The highest BCUT2D eigenvalue weighted by Crippen LogP contribution is 2.24. The van der Waals surface area contributed by atoms with Gasteiger partial charge < -0.3 is 10.8 Å². The first-order chi connectivity index (χ1) is 7.68. The number of aromatic nitrogens is 2. The molecule has 0 radical (unpaired) electrons. The molecule has 0 saturated heterocycles. The van der Waals surface area contributed by atoms with E-state index in [0.29, 0.717) is 16.9 Å². The molecular formula is C11H9N3O2. The topological polar surface area (TPSA) is 89.1 Å². The predicted octanol–water partition coefficient (Wildman–Crippen LogP) is 1.42. The predicted molar refractivity (Wildman–Crippen MR) is 58.8 cm³/mol. The van der Waals surface area contributed by atoms with E-state index in [9.17, 15) is 4.79 Å². The maximum Gasteiger partial charge on any atom is 0.335 e. The van der Waals surface area contributed by atoms with Gasteiger partial charge in [-0.1, -0.05) is 0 Å². The normalized spacial score (nSPS) is 10.0. The van der Waals surface area contributed by atoms with Crippen molar-refractivity contribution in [2.75, 3.05) is 5.73 Å². The summed E-state index contributed by atoms with van der Waals surface area (Å²) in [4.78, 5) is 18.8. The molecule has 0 bridgehead atoms. The monoisotopic (exact) mass is 215 g/mol. The Morgan fingerprint density at radius 2 is 2.12 bits per heavy atom. The van der Waals surface area contributed by atoms with Crippen LogP contribution in [-0.2, 0) is 0 Å². The molecule has 0 unspecified atom stereocenters. The average Bonchev–Trinajstić information content (AvgIpc) is 2.30. The van der Waals surface area contributed by atoms with Crippen molar-refractivity contribution in [2.45, 2.75) is 0 Å². The summed E-state index contributed by atoms with van der Waals surface area (Å²) < 4.78 is 0. The molecule has 5 nitrogen and oxygen atoms in total. The Morgan fingerprint density at radius 1 is 1.31 bits per heavy atom. The first kappa shape index (κ1) is 10.1. The van der Waals surface area contributed by atoms with Crippen molar-refractivity contribution in [1.29, 1.82) is 0 Å². The number of rotatable bonds is 2. The van der Waals surface area contributed by atoms with Crippen LogP contribution in [-0.4, -0.2) is 21.0 Å². The molecule has 1 aromatic heterocycles. The van der Waals surface area contributed by atoms with Gasteiger partial charge in [-0.25, -0.2) is 4.79 Å². The second-order valence-corrected chi connectivity index (χ2v) is 3.20. The van der Waals surface area contributed by atoms with Gasteiger partial charge in [0.2, 0.25) is 0 Å². The van der Waals surface area contributed by atoms with E-state index < -0.39 is 5.97 Å². The summed E-state index contributed by atoms with van der Waals surface area (Å²) in [5, 5.41) is 8.87. The van der Waals surface area contributed by atoms with Crippen LogP contribution in [0.15, 0.2) is 36.8 Å². The Hall–Kier alpha value is -2.43. The molecule has 1 heterocycles. The fourth-order valence-corrected chi connectivity index (χ4v) is 1.35. The summed E-state index contributed by atoms with van der Waals surface area (Å²) >= 11 is 0. The van der Waals surface area contributed by atoms with Crippen molar-refractivity contribution in [2.24, 2.45) is 0 Å². The molecule has 16 heavy (non-hydrogen) atoms. The Kier molecular flexibility index (Phi) is 2.51. The first-order valence-corrected chi connectivity index (χ1v) is 4.57. The second-order valence-electron chi connectivity index (χ2n) is 3.20. The molecule has 0 aliphatic heterocycles. The lowest BCUT2D eigenvalue weighted by atomic mass is 10.1. The van der Waals surface area contributed by atoms with E-state index in [1.807, 2.05) is 0 Å². The quantitative estimate of drug-likeness (QED) is 0.739. The van der Waals surface area contributed by atoms with Crippen molar-refractivity contribution < 1.29 is 9.90 Å². The van der Waals surface area contributed by atoms with E-state index in [2.05, 4.69) is 9.97 Å². The highest BCUT2D eigenvalue weighted by molar-refractivity contribution is 5.91. The SMILES string of the molecule is Nc1ccc(C(=O)O)cc1-c1cnccn1. The fourth-order valence-electron chi connectivity index (χ4n) is 1.35. The summed E-state index contributed by atoms with van der Waals surface area (Å²) in [6.45, 7) is 0. The number of anilines is 1. The number of aromatic carboxylic acids is 1. The van der Waals surface area contributed by atoms with Crippen LogP contribution >= 0.6 is 0 Å². The molecule has 0 fully saturated rings. The van der Waals surface area contributed by atoms with Gasteiger partial charge in [0, 0.05) is 23.6 Å². The number of hydrogen-bond donors (Lipinski definition) is 2. The maximum atomic E-state index is 10.8. The van der Waals surface area contributed by atoms with Crippen molar-refractivity contribution >= 4 is 11.7 Å². The van der Waals surface area contributed by atoms with Crippen LogP contribution in [0.1, 0.15) is 10.4 Å². The Bertz CT molecular complexity index is 526. The molecule has 0 aliphatic carbocycles. The van der Waals surface area contributed by atoms with Crippen LogP contribution in [0.25, 0.3) is 11.3 Å². The number of benzene rings is 1. The molecule has 5 heteroatoms. The standard InChI is InChI=1S/C11H9N3O2/c12-9-2-1-7(11(15)16)5-8(9)10-6-13-3-4-14-10/h1-6H,12H2,(H,15,16). The van der Waals surface area contributed by atoms with Gasteiger partial charge in [-0.05, 0) is 18.2 Å². The van der Waals surface area contributed by atoms with Crippen molar-refractivity contribution in [3.8, 4) is 11.3 Å². The van der Waals surface area contributed by atoms with Gasteiger partial charge in [0.15, 0.2) is 0 Å². The van der Waals surface area contributed by atoms with E-state index in [1.54, 1.807) is 12.3 Å². The van der Waals surface area contributed by atoms with Crippen LogP contribution < -0.4 is 5.73 Å². The number of hydrogen-bond acceptors (Lipinski definition) is 4. The highest BCUT2D eigenvalue weighted by Gasteiger charge is 2.09. The van der Waals surface area contributed by atoms with Gasteiger partial charge in [-0.15, -0.1) is 0 Å². The first-order valence-electron chi connectivity index (χ1n) is 4.57. The summed E-state index contributed by atoms with van der Waals surface area (Å²) in [6, 6.07) is 4.49.